The number of nitrogens with zero attached hydrogens (tertiary/aromatic N) is 2. The van der Waals surface area contributed by atoms with Crippen LogP contribution < -0.4 is 0 Å². The normalized spacial score (nSPS) is 18.0. The van der Waals surface area contributed by atoms with Crippen molar-refractivity contribution in [2.75, 3.05) is 20.1 Å². The molecule has 0 amide bonds. The van der Waals surface area contributed by atoms with Crippen molar-refractivity contribution in [3.8, 4) is 0 Å². The Morgan fingerprint density at radius 2 is 2.42 bits per heavy atom. The van der Waals surface area contributed by atoms with Gasteiger partial charge in [0.15, 0.2) is 0 Å². The van der Waals surface area contributed by atoms with Gasteiger partial charge in [-0.25, -0.2) is 0 Å². The zero-order chi connectivity index (χ0) is 9.14. The summed E-state index contributed by atoms with van der Waals surface area (Å²) >= 11 is 0. The van der Waals surface area contributed by atoms with Gasteiger partial charge >= 0.3 is 0 Å². The fraction of sp³-hybridized carbons (Fsp3) is 0.444. The van der Waals surface area contributed by atoms with Gasteiger partial charge in [-0.2, -0.15) is 0 Å². The Hall–Kier alpha value is -1.25. The van der Waals surface area contributed by atoms with Crippen molar-refractivity contribution in [2.45, 2.75) is 6.92 Å². The first-order valence-electron chi connectivity index (χ1n) is 3.93. The van der Waals surface area contributed by atoms with Gasteiger partial charge in [-0.05, 0) is 18.6 Å². The van der Waals surface area contributed by atoms with Crippen LogP contribution >= 0.6 is 0 Å². The van der Waals surface area contributed by atoms with Crippen LogP contribution in [0.25, 0.3) is 0 Å². The molecule has 1 N–H and O–H groups in total. The Morgan fingerprint density at radius 3 is 2.83 bits per heavy atom. The molecular formula is C9H14N2O. The quantitative estimate of drug-likeness (QED) is 0.496. The highest BCUT2D eigenvalue weighted by Gasteiger charge is 2.13. The molecule has 0 saturated heterocycles. The van der Waals surface area contributed by atoms with Crippen LogP contribution in [0.3, 0.4) is 0 Å². The Labute approximate surface area is 72.7 Å². The fourth-order valence-corrected chi connectivity index (χ4v) is 1.27. The lowest BCUT2D eigenvalue weighted by Gasteiger charge is -2.13. The van der Waals surface area contributed by atoms with Crippen LogP contribution in [0.2, 0.25) is 0 Å². The third-order valence-corrected chi connectivity index (χ3v) is 1.79. The van der Waals surface area contributed by atoms with Gasteiger partial charge in [-0.1, -0.05) is 6.58 Å². The molecule has 0 aliphatic carbocycles. The van der Waals surface area contributed by atoms with Gasteiger partial charge in [0.2, 0.25) is 0 Å². The second-order valence-corrected chi connectivity index (χ2v) is 2.95. The van der Waals surface area contributed by atoms with Crippen LogP contribution in [0, 0.1) is 0 Å². The maximum Gasteiger partial charge on any atom is 0.126 e. The number of rotatable bonds is 2. The highest BCUT2D eigenvalue weighted by atomic mass is 16.3. The van der Waals surface area contributed by atoms with Gasteiger partial charge in [0.05, 0.1) is 6.54 Å². The molecule has 0 radical (unpaired) electrons. The first-order valence-corrected chi connectivity index (χ1v) is 3.93. The molecule has 0 aromatic heterocycles. The lowest BCUT2D eigenvalue weighted by molar-refractivity contribution is 0.434. The topological polar surface area (TPSA) is 35.8 Å². The number of hydrogen-bond acceptors (Lipinski definition) is 3. The smallest absolute Gasteiger partial charge is 0.126 e. The number of amidine groups is 1. The van der Waals surface area contributed by atoms with Crippen molar-refractivity contribution < 1.29 is 5.11 Å². The molecule has 0 aromatic rings. The van der Waals surface area contributed by atoms with E-state index in [0.29, 0.717) is 0 Å². The number of aliphatic imine (C=N–C) groups is 1. The van der Waals surface area contributed by atoms with Gasteiger partial charge in [-0.3, -0.25) is 4.99 Å². The molecule has 66 valence electrons. The first kappa shape index (κ1) is 8.84. The molecule has 0 saturated carbocycles. The Balaban J connectivity index is 2.76. The second-order valence-electron chi connectivity index (χ2n) is 2.95. The van der Waals surface area contributed by atoms with Crippen LogP contribution in [-0.2, 0) is 0 Å². The molecule has 0 aromatic carbocycles. The molecule has 1 rings (SSSR count). The summed E-state index contributed by atoms with van der Waals surface area (Å²) in [5.41, 5.74) is 0.961. The van der Waals surface area contributed by atoms with Crippen molar-refractivity contribution in [3.05, 3.63) is 24.0 Å². The average molecular weight is 166 g/mol. The van der Waals surface area contributed by atoms with Crippen LogP contribution in [-0.4, -0.2) is 36.0 Å². The molecule has 3 nitrogen and oxygen atoms in total. The predicted octanol–water partition coefficient (Wildman–Crippen LogP) is 1.35. The molecule has 12 heavy (non-hydrogen) atoms. The van der Waals surface area contributed by atoms with Crippen molar-refractivity contribution in [1.82, 2.24) is 4.90 Å². The van der Waals surface area contributed by atoms with Gasteiger partial charge in [-0.15, -0.1) is 0 Å². The van der Waals surface area contributed by atoms with Gasteiger partial charge in [0.25, 0.3) is 0 Å². The molecule has 0 bridgehead atoms. The number of aliphatic hydroxyl groups is 1. The van der Waals surface area contributed by atoms with E-state index in [-0.39, 0.29) is 5.76 Å². The minimum atomic E-state index is 0.0792. The van der Waals surface area contributed by atoms with E-state index in [2.05, 4.69) is 16.5 Å². The lowest BCUT2D eigenvalue weighted by atomic mass is 10.2. The van der Waals surface area contributed by atoms with Crippen molar-refractivity contribution in [1.29, 1.82) is 0 Å². The molecule has 0 atom stereocenters. The van der Waals surface area contributed by atoms with E-state index in [9.17, 15) is 0 Å². The summed E-state index contributed by atoms with van der Waals surface area (Å²) in [6.07, 6.45) is 1.63. The average Bonchev–Trinajstić information content (AvgIpc) is 2.33. The summed E-state index contributed by atoms with van der Waals surface area (Å²) in [5.74, 6) is 1.03. The van der Waals surface area contributed by atoms with E-state index in [0.717, 1.165) is 24.5 Å². The van der Waals surface area contributed by atoms with E-state index < -0.39 is 0 Å². The van der Waals surface area contributed by atoms with Crippen LogP contribution in [0.4, 0.5) is 0 Å². The number of aliphatic hydroxyl groups excluding tert-OH is 1. The van der Waals surface area contributed by atoms with Crippen molar-refractivity contribution in [3.63, 3.8) is 0 Å². The number of allylic oxidation sites excluding steroid dienone is 1. The van der Waals surface area contributed by atoms with Crippen LogP contribution in [0.1, 0.15) is 6.92 Å². The van der Waals surface area contributed by atoms with Crippen molar-refractivity contribution in [2.24, 2.45) is 4.99 Å². The lowest BCUT2D eigenvalue weighted by Crippen LogP contribution is -2.23. The molecule has 0 spiro atoms. The van der Waals surface area contributed by atoms with Crippen molar-refractivity contribution >= 4 is 5.84 Å². The third kappa shape index (κ3) is 1.87. The fourth-order valence-electron chi connectivity index (χ4n) is 1.27. The zero-order valence-electron chi connectivity index (χ0n) is 7.54. The first-order chi connectivity index (χ1) is 5.61. The number of hydrogen-bond donors (Lipinski definition) is 1. The minimum Gasteiger partial charge on any atom is -0.509 e. The highest BCUT2D eigenvalue weighted by molar-refractivity contribution is 5.98. The third-order valence-electron chi connectivity index (χ3n) is 1.79. The van der Waals surface area contributed by atoms with E-state index >= 15 is 0 Å². The summed E-state index contributed by atoms with van der Waals surface area (Å²) in [7, 11) is 1.99. The summed E-state index contributed by atoms with van der Waals surface area (Å²) in [4.78, 5) is 6.36. The zero-order valence-corrected chi connectivity index (χ0v) is 7.54. The largest absolute Gasteiger partial charge is 0.509 e. The maximum atomic E-state index is 8.93. The predicted molar refractivity (Wildman–Crippen MR) is 50.5 cm³/mol. The standard InChI is InChI=1S/C9H14N2O/c1-7(6-8(2)12)9-10-4-5-11(9)3/h6,12H,2,4-5H2,1,3H3/b7-6+. The second kappa shape index (κ2) is 3.43. The molecule has 0 fully saturated rings. The number of likely N-dealkylation sites (N-methyl/N-ethyl adjacent to an activating group) is 1. The highest BCUT2D eigenvalue weighted by Crippen LogP contribution is 2.08. The molecule has 1 aliphatic heterocycles. The van der Waals surface area contributed by atoms with E-state index in [1.165, 1.54) is 0 Å². The van der Waals surface area contributed by atoms with Gasteiger partial charge in [0, 0.05) is 13.6 Å². The van der Waals surface area contributed by atoms with Gasteiger partial charge in [0.1, 0.15) is 11.6 Å². The Bertz CT molecular complexity index is 253. The molecule has 3 heteroatoms. The molecular weight excluding hydrogens is 152 g/mol. The maximum absolute atomic E-state index is 8.93. The summed E-state index contributed by atoms with van der Waals surface area (Å²) in [5, 5.41) is 8.93. The van der Waals surface area contributed by atoms with E-state index in [1.807, 2.05) is 14.0 Å². The molecule has 1 aliphatic rings. The summed E-state index contributed by atoms with van der Waals surface area (Å²) < 4.78 is 0. The SMILES string of the molecule is C=C(O)/C=C(\C)C1=NCCN1C. The van der Waals surface area contributed by atoms with Crippen LogP contribution in [0.15, 0.2) is 29.0 Å². The summed E-state index contributed by atoms with van der Waals surface area (Å²) in [6, 6.07) is 0. The molecule has 1 heterocycles. The monoisotopic (exact) mass is 166 g/mol. The Morgan fingerprint density at radius 1 is 1.75 bits per heavy atom. The van der Waals surface area contributed by atoms with Gasteiger partial charge < -0.3 is 10.0 Å². The van der Waals surface area contributed by atoms with E-state index in [1.54, 1.807) is 6.08 Å². The summed E-state index contributed by atoms with van der Waals surface area (Å²) in [6.45, 7) is 7.11. The molecule has 0 unspecified atom stereocenters. The Kier molecular flexibility index (Phi) is 2.53. The van der Waals surface area contributed by atoms with E-state index in [4.69, 9.17) is 5.11 Å². The minimum absolute atomic E-state index is 0.0792. The van der Waals surface area contributed by atoms with Crippen LogP contribution in [0.5, 0.6) is 0 Å².